The van der Waals surface area contributed by atoms with Crippen LogP contribution in [-0.2, 0) is 6.18 Å². The van der Waals surface area contributed by atoms with Gasteiger partial charge in [-0.2, -0.15) is 18.3 Å². The second-order valence-electron chi connectivity index (χ2n) is 6.56. The second kappa shape index (κ2) is 7.53. The third-order valence-corrected chi connectivity index (χ3v) is 5.33. The van der Waals surface area contributed by atoms with E-state index in [1.807, 2.05) is 0 Å². The van der Waals surface area contributed by atoms with Gasteiger partial charge in [-0.1, -0.05) is 12.1 Å². The van der Waals surface area contributed by atoms with Crippen LogP contribution < -0.4 is 5.32 Å². The molecule has 1 amide bonds. The number of fused-ring (bicyclic) bond motifs is 1. The number of halogens is 3. The number of hydrogen-bond acceptors (Lipinski definition) is 7. The monoisotopic (exact) mass is 456 g/mol. The molecule has 0 unspecified atom stereocenters. The quantitative estimate of drug-likeness (QED) is 0.442. The van der Waals surface area contributed by atoms with Gasteiger partial charge in [-0.15, -0.1) is 16.4 Å². The molecule has 0 aliphatic carbocycles. The van der Waals surface area contributed by atoms with E-state index in [1.165, 1.54) is 28.4 Å². The number of carbonyl (C=O) groups is 1. The highest BCUT2D eigenvalue weighted by atomic mass is 32.1. The molecule has 32 heavy (non-hydrogen) atoms. The van der Waals surface area contributed by atoms with Crippen LogP contribution in [0.15, 0.2) is 60.2 Å². The Morgan fingerprint density at radius 2 is 1.97 bits per heavy atom. The van der Waals surface area contributed by atoms with Crippen LogP contribution in [0.3, 0.4) is 0 Å². The number of anilines is 1. The molecule has 0 saturated heterocycles. The molecule has 0 radical (unpaired) electrons. The van der Waals surface area contributed by atoms with Gasteiger partial charge >= 0.3 is 6.18 Å². The number of nitrogens with one attached hydrogen (secondary N) is 1. The van der Waals surface area contributed by atoms with Gasteiger partial charge in [0.15, 0.2) is 17.0 Å². The first-order valence-corrected chi connectivity index (χ1v) is 9.93. The standard InChI is InChI=1S/C19H11F3N8OS/c20-19(21,22)16-8-13(15-5-2-6-32-15)25-17-9-14(26-30(16)17)18(31)24-11-3-1-4-12(7-11)29-10-23-27-28-29/h1-10H,(H,24,31). The maximum Gasteiger partial charge on any atom is 0.433 e. The molecule has 0 saturated carbocycles. The van der Waals surface area contributed by atoms with Crippen LogP contribution >= 0.6 is 11.3 Å². The van der Waals surface area contributed by atoms with Crippen LogP contribution in [0, 0.1) is 0 Å². The molecule has 1 aromatic carbocycles. The first-order valence-electron chi connectivity index (χ1n) is 9.05. The molecule has 13 heteroatoms. The first-order chi connectivity index (χ1) is 15.4. The summed E-state index contributed by atoms with van der Waals surface area (Å²) in [4.78, 5) is 17.5. The molecule has 160 valence electrons. The van der Waals surface area contributed by atoms with Crippen molar-refractivity contribution in [2.75, 3.05) is 5.32 Å². The Hall–Kier alpha value is -4.13. The molecule has 0 atom stereocenters. The molecule has 0 aliphatic rings. The summed E-state index contributed by atoms with van der Waals surface area (Å²) in [5.41, 5.74) is -0.186. The van der Waals surface area contributed by atoms with Gasteiger partial charge in [-0.05, 0) is 46.1 Å². The summed E-state index contributed by atoms with van der Waals surface area (Å²) in [6.07, 6.45) is -3.30. The van der Waals surface area contributed by atoms with E-state index >= 15 is 0 Å². The summed E-state index contributed by atoms with van der Waals surface area (Å²) >= 11 is 1.26. The van der Waals surface area contributed by atoms with Crippen molar-refractivity contribution in [3.05, 3.63) is 71.6 Å². The number of nitrogens with zero attached hydrogens (tertiary/aromatic N) is 7. The van der Waals surface area contributed by atoms with Crippen LogP contribution in [0.5, 0.6) is 0 Å². The number of thiophene rings is 1. The maximum absolute atomic E-state index is 13.7. The largest absolute Gasteiger partial charge is 0.433 e. The van der Waals surface area contributed by atoms with Crippen molar-refractivity contribution in [3.63, 3.8) is 0 Å². The van der Waals surface area contributed by atoms with E-state index in [0.717, 1.165) is 6.07 Å². The highest BCUT2D eigenvalue weighted by molar-refractivity contribution is 7.13. The zero-order valence-corrected chi connectivity index (χ0v) is 16.7. The number of aromatic nitrogens is 7. The van der Waals surface area contributed by atoms with E-state index in [4.69, 9.17) is 0 Å². The SMILES string of the molecule is O=C(Nc1cccc(-n2cnnn2)c1)c1cc2nc(-c3cccs3)cc(C(F)(F)F)n2n1. The number of alkyl halides is 3. The summed E-state index contributed by atoms with van der Waals surface area (Å²) < 4.78 is 43.0. The van der Waals surface area contributed by atoms with E-state index in [2.05, 4.69) is 30.9 Å². The maximum atomic E-state index is 13.7. The fourth-order valence-electron chi connectivity index (χ4n) is 3.04. The van der Waals surface area contributed by atoms with Crippen LogP contribution in [0.25, 0.3) is 21.9 Å². The Morgan fingerprint density at radius 1 is 1.09 bits per heavy atom. The van der Waals surface area contributed by atoms with Gasteiger partial charge in [0.1, 0.15) is 6.33 Å². The van der Waals surface area contributed by atoms with E-state index in [9.17, 15) is 18.0 Å². The lowest BCUT2D eigenvalue weighted by Gasteiger charge is -2.10. The molecule has 0 aliphatic heterocycles. The Balaban J connectivity index is 1.51. The highest BCUT2D eigenvalue weighted by Gasteiger charge is 2.35. The van der Waals surface area contributed by atoms with Crippen molar-refractivity contribution in [1.29, 1.82) is 0 Å². The second-order valence-corrected chi connectivity index (χ2v) is 7.51. The number of benzene rings is 1. The van der Waals surface area contributed by atoms with Crippen molar-refractivity contribution >= 4 is 28.6 Å². The average Bonchev–Trinajstić information content (AvgIpc) is 3.54. The Labute approximate surface area is 181 Å². The third-order valence-electron chi connectivity index (χ3n) is 4.44. The van der Waals surface area contributed by atoms with E-state index in [1.54, 1.807) is 41.8 Å². The summed E-state index contributed by atoms with van der Waals surface area (Å²) in [6.45, 7) is 0. The molecular weight excluding hydrogens is 445 g/mol. The van der Waals surface area contributed by atoms with Gasteiger partial charge in [-0.3, -0.25) is 4.79 Å². The van der Waals surface area contributed by atoms with Crippen LogP contribution in [0.1, 0.15) is 16.2 Å². The van der Waals surface area contributed by atoms with Gasteiger partial charge in [-0.25, -0.2) is 14.2 Å². The van der Waals surface area contributed by atoms with Gasteiger partial charge in [0.2, 0.25) is 0 Å². The van der Waals surface area contributed by atoms with E-state index < -0.39 is 17.8 Å². The van der Waals surface area contributed by atoms with Gasteiger partial charge in [0, 0.05) is 11.8 Å². The predicted molar refractivity (Wildman–Crippen MR) is 108 cm³/mol. The minimum absolute atomic E-state index is 0.0872. The van der Waals surface area contributed by atoms with Crippen LogP contribution in [0.2, 0.25) is 0 Å². The molecule has 1 N–H and O–H groups in total. The predicted octanol–water partition coefficient (Wildman–Crippen LogP) is 3.70. The lowest BCUT2D eigenvalue weighted by molar-refractivity contribution is -0.142. The van der Waals surface area contributed by atoms with Crippen molar-refractivity contribution in [1.82, 2.24) is 34.8 Å². The molecule has 4 aromatic heterocycles. The zero-order chi connectivity index (χ0) is 22.3. The number of tetrazole rings is 1. The molecule has 5 rings (SSSR count). The fraction of sp³-hybridized carbons (Fsp3) is 0.0526. The first kappa shape index (κ1) is 19.8. The molecule has 0 spiro atoms. The van der Waals surface area contributed by atoms with Gasteiger partial charge < -0.3 is 5.32 Å². The van der Waals surface area contributed by atoms with E-state index in [0.29, 0.717) is 20.8 Å². The minimum Gasteiger partial charge on any atom is -0.321 e. The van der Waals surface area contributed by atoms with Crippen molar-refractivity contribution in [2.24, 2.45) is 0 Å². The topological polar surface area (TPSA) is 103 Å². The number of rotatable bonds is 4. The van der Waals surface area contributed by atoms with Crippen LogP contribution in [-0.4, -0.2) is 40.7 Å². The average molecular weight is 456 g/mol. The molecule has 5 aromatic rings. The van der Waals surface area contributed by atoms with Crippen molar-refractivity contribution < 1.29 is 18.0 Å². The molecular formula is C19H11F3N8OS. The summed E-state index contributed by atoms with van der Waals surface area (Å²) in [6, 6.07) is 12.2. The molecule has 9 nitrogen and oxygen atoms in total. The van der Waals surface area contributed by atoms with Gasteiger partial charge in [0.05, 0.1) is 16.3 Å². The molecule has 4 heterocycles. The number of amides is 1. The third kappa shape index (κ3) is 3.69. The number of hydrogen-bond donors (Lipinski definition) is 1. The van der Waals surface area contributed by atoms with E-state index in [-0.39, 0.29) is 17.0 Å². The van der Waals surface area contributed by atoms with Gasteiger partial charge in [0.25, 0.3) is 5.91 Å². The lowest BCUT2D eigenvalue weighted by atomic mass is 10.2. The Morgan fingerprint density at radius 3 is 2.69 bits per heavy atom. The minimum atomic E-state index is -4.69. The van der Waals surface area contributed by atoms with Crippen molar-refractivity contribution in [3.8, 4) is 16.3 Å². The number of carbonyl (C=O) groups excluding carboxylic acids is 1. The molecule has 0 bridgehead atoms. The Bertz CT molecular complexity index is 1410. The smallest absolute Gasteiger partial charge is 0.321 e. The summed E-state index contributed by atoms with van der Waals surface area (Å²) in [5.74, 6) is -0.685. The highest BCUT2D eigenvalue weighted by Crippen LogP contribution is 2.33. The normalized spacial score (nSPS) is 11.7. The lowest BCUT2D eigenvalue weighted by Crippen LogP contribution is -2.15. The molecule has 0 fully saturated rings. The Kier molecular flexibility index (Phi) is 4.66. The zero-order valence-electron chi connectivity index (χ0n) is 15.9. The fourth-order valence-corrected chi connectivity index (χ4v) is 3.72. The van der Waals surface area contributed by atoms with Crippen LogP contribution in [0.4, 0.5) is 18.9 Å². The summed E-state index contributed by atoms with van der Waals surface area (Å²) in [7, 11) is 0. The summed E-state index contributed by atoms with van der Waals surface area (Å²) in [5, 5.41) is 19.1. The van der Waals surface area contributed by atoms with Crippen molar-refractivity contribution in [2.45, 2.75) is 6.18 Å².